The highest BCUT2D eigenvalue weighted by atomic mass is 79.9. The second-order valence-corrected chi connectivity index (χ2v) is 2.90. The smallest absolute Gasteiger partial charge is 0.147 e. The number of hydrogen-bond donors (Lipinski definition) is 0. The van der Waals surface area contributed by atoms with Gasteiger partial charge in [-0.15, -0.1) is 0 Å². The summed E-state index contributed by atoms with van der Waals surface area (Å²) in [7, 11) is 0. The van der Waals surface area contributed by atoms with Gasteiger partial charge >= 0.3 is 0 Å². The first-order valence-electron chi connectivity index (χ1n) is 4.44. The van der Waals surface area contributed by atoms with Crippen molar-refractivity contribution in [3.05, 3.63) is 35.9 Å². The Hall–Kier alpha value is -0.630. The fourth-order valence-corrected chi connectivity index (χ4v) is 1.07. The van der Waals surface area contributed by atoms with Gasteiger partial charge in [0.1, 0.15) is 5.78 Å². The highest BCUT2D eigenvalue weighted by Gasteiger charge is 1.99. The summed E-state index contributed by atoms with van der Waals surface area (Å²) in [6.45, 7) is 4.00. The molecule has 0 bridgehead atoms. The monoisotopic (exact) mass is 242 g/mol. The summed E-state index contributed by atoms with van der Waals surface area (Å²) in [5.41, 5.74) is 1.08. The lowest BCUT2D eigenvalue weighted by atomic mass is 10.1. The fraction of sp³-hybridized carbons (Fsp3) is 0.364. The quantitative estimate of drug-likeness (QED) is 0.745. The van der Waals surface area contributed by atoms with E-state index in [1.54, 1.807) is 0 Å². The van der Waals surface area contributed by atoms with Gasteiger partial charge in [0.2, 0.25) is 0 Å². The van der Waals surface area contributed by atoms with Crippen LogP contribution in [0.2, 0.25) is 0 Å². The highest BCUT2D eigenvalue weighted by molar-refractivity contribution is 9.09. The summed E-state index contributed by atoms with van der Waals surface area (Å²) in [6.07, 6.45) is 0.534. The lowest BCUT2D eigenvalue weighted by Crippen LogP contribution is -2.02. The van der Waals surface area contributed by atoms with Crippen molar-refractivity contribution in [1.82, 2.24) is 0 Å². The van der Waals surface area contributed by atoms with Crippen LogP contribution in [-0.4, -0.2) is 11.1 Å². The maximum absolute atomic E-state index is 10.9. The van der Waals surface area contributed by atoms with Gasteiger partial charge < -0.3 is 0 Å². The van der Waals surface area contributed by atoms with E-state index in [1.165, 1.54) is 0 Å². The first kappa shape index (κ1) is 12.4. The Morgan fingerprint density at radius 3 is 2.23 bits per heavy atom. The van der Waals surface area contributed by atoms with Gasteiger partial charge in [0, 0.05) is 6.42 Å². The van der Waals surface area contributed by atoms with Gasteiger partial charge in [0.15, 0.2) is 0 Å². The molecule has 1 aromatic carbocycles. The van der Waals surface area contributed by atoms with E-state index in [1.807, 2.05) is 44.2 Å². The molecule has 0 saturated heterocycles. The Bertz CT molecular complexity index is 231. The Morgan fingerprint density at radius 1 is 1.23 bits per heavy atom. The van der Waals surface area contributed by atoms with Crippen molar-refractivity contribution in [2.75, 3.05) is 5.33 Å². The first-order valence-corrected chi connectivity index (χ1v) is 5.56. The van der Waals surface area contributed by atoms with Gasteiger partial charge in [0.05, 0.1) is 5.33 Å². The van der Waals surface area contributed by atoms with Crippen LogP contribution in [0.5, 0.6) is 0 Å². The Labute approximate surface area is 88.3 Å². The van der Waals surface area contributed by atoms with E-state index in [-0.39, 0.29) is 5.78 Å². The molecule has 0 N–H and O–H groups in total. The van der Waals surface area contributed by atoms with Gasteiger partial charge in [-0.3, -0.25) is 4.79 Å². The molecule has 0 radical (unpaired) electrons. The molecule has 0 amide bonds. The van der Waals surface area contributed by atoms with Crippen LogP contribution in [0.25, 0.3) is 0 Å². The fourth-order valence-electron chi connectivity index (χ4n) is 0.871. The third-order valence-electron chi connectivity index (χ3n) is 1.39. The summed E-state index contributed by atoms with van der Waals surface area (Å²) >= 11 is 3.12. The number of rotatable bonds is 3. The van der Waals surface area contributed by atoms with Crippen LogP contribution < -0.4 is 0 Å². The number of halogens is 1. The van der Waals surface area contributed by atoms with Gasteiger partial charge in [-0.1, -0.05) is 60.1 Å². The lowest BCUT2D eigenvalue weighted by molar-refractivity contribution is -0.115. The molecule has 1 nitrogen and oxygen atoms in total. The lowest BCUT2D eigenvalue weighted by Gasteiger charge is -1.95. The standard InChI is InChI=1S/C9H9BrO.C2H6/c10-7-9(11)6-8-4-2-1-3-5-8;1-2/h1-5H,6-7H2;1-2H3. The molecule has 72 valence electrons. The average Bonchev–Trinajstić information content (AvgIpc) is 2.22. The molecule has 13 heavy (non-hydrogen) atoms. The third-order valence-corrected chi connectivity index (χ3v) is 2.02. The van der Waals surface area contributed by atoms with Crippen LogP contribution in [0.4, 0.5) is 0 Å². The Morgan fingerprint density at radius 2 is 1.77 bits per heavy atom. The Balaban J connectivity index is 0.000000671. The predicted octanol–water partition coefficient (Wildman–Crippen LogP) is 3.22. The van der Waals surface area contributed by atoms with Gasteiger partial charge in [0.25, 0.3) is 0 Å². The summed E-state index contributed by atoms with van der Waals surface area (Å²) in [4.78, 5) is 10.9. The molecular weight excluding hydrogens is 228 g/mol. The van der Waals surface area contributed by atoms with E-state index in [0.29, 0.717) is 11.8 Å². The minimum atomic E-state index is 0.219. The van der Waals surface area contributed by atoms with Crippen LogP contribution in [0.3, 0.4) is 0 Å². The molecule has 0 aliphatic carbocycles. The molecule has 0 aromatic heterocycles. The van der Waals surface area contributed by atoms with E-state index in [0.717, 1.165) is 5.56 Å². The largest absolute Gasteiger partial charge is 0.298 e. The summed E-state index contributed by atoms with van der Waals surface area (Å²) in [5, 5.41) is 0.446. The number of hydrogen-bond acceptors (Lipinski definition) is 1. The van der Waals surface area contributed by atoms with Gasteiger partial charge in [-0.05, 0) is 5.56 Å². The number of Topliss-reactive ketones (excluding diaryl/α,β-unsaturated/α-hetero) is 1. The molecule has 0 unspecified atom stereocenters. The maximum Gasteiger partial charge on any atom is 0.147 e. The van der Waals surface area contributed by atoms with E-state index in [4.69, 9.17) is 0 Å². The molecule has 2 heteroatoms. The Kier molecular flexibility index (Phi) is 7.60. The molecule has 0 heterocycles. The SMILES string of the molecule is CC.O=C(CBr)Cc1ccccc1. The van der Waals surface area contributed by atoms with Crippen molar-refractivity contribution < 1.29 is 4.79 Å². The molecule has 0 aliphatic heterocycles. The van der Waals surface area contributed by atoms with Gasteiger partial charge in [-0.2, -0.15) is 0 Å². The van der Waals surface area contributed by atoms with E-state index < -0.39 is 0 Å². The highest BCUT2D eigenvalue weighted by Crippen LogP contribution is 2.00. The van der Waals surface area contributed by atoms with Crippen molar-refractivity contribution in [2.24, 2.45) is 0 Å². The van der Waals surface area contributed by atoms with E-state index >= 15 is 0 Å². The second kappa shape index (κ2) is 7.99. The molecule has 0 aliphatic rings. The van der Waals surface area contributed by atoms with E-state index in [9.17, 15) is 4.79 Å². The van der Waals surface area contributed by atoms with Crippen molar-refractivity contribution in [3.63, 3.8) is 0 Å². The predicted molar refractivity (Wildman–Crippen MR) is 60.3 cm³/mol. The van der Waals surface area contributed by atoms with Crippen molar-refractivity contribution in [2.45, 2.75) is 20.3 Å². The third kappa shape index (κ3) is 5.58. The van der Waals surface area contributed by atoms with Crippen molar-refractivity contribution in [1.29, 1.82) is 0 Å². The van der Waals surface area contributed by atoms with Gasteiger partial charge in [-0.25, -0.2) is 0 Å². The number of carbonyl (C=O) groups is 1. The van der Waals surface area contributed by atoms with Crippen LogP contribution >= 0.6 is 15.9 Å². The number of carbonyl (C=O) groups excluding carboxylic acids is 1. The molecule has 0 atom stereocenters. The van der Waals surface area contributed by atoms with Crippen molar-refractivity contribution in [3.8, 4) is 0 Å². The zero-order valence-corrected chi connectivity index (χ0v) is 9.67. The second-order valence-electron chi connectivity index (χ2n) is 2.33. The zero-order chi connectivity index (χ0) is 10.1. The van der Waals surface area contributed by atoms with Crippen LogP contribution in [-0.2, 0) is 11.2 Å². The van der Waals surface area contributed by atoms with Crippen LogP contribution in [0, 0.1) is 0 Å². The molecule has 0 spiro atoms. The van der Waals surface area contributed by atoms with Crippen molar-refractivity contribution >= 4 is 21.7 Å². The number of benzene rings is 1. The van der Waals surface area contributed by atoms with Crippen LogP contribution in [0.1, 0.15) is 19.4 Å². The minimum absolute atomic E-state index is 0.219. The first-order chi connectivity index (χ1) is 6.33. The molecule has 1 rings (SSSR count). The zero-order valence-electron chi connectivity index (χ0n) is 8.09. The maximum atomic E-state index is 10.9. The topological polar surface area (TPSA) is 17.1 Å². The number of ketones is 1. The normalized spacial score (nSPS) is 8.54. The molecule has 0 saturated carbocycles. The molecule has 1 aromatic rings. The summed E-state index contributed by atoms with van der Waals surface area (Å²) in [5.74, 6) is 0.219. The molecular formula is C11H15BrO. The van der Waals surface area contributed by atoms with Crippen LogP contribution in [0.15, 0.2) is 30.3 Å². The average molecular weight is 243 g/mol. The summed E-state index contributed by atoms with van der Waals surface area (Å²) < 4.78 is 0. The molecule has 0 fully saturated rings. The van der Waals surface area contributed by atoms with E-state index in [2.05, 4.69) is 15.9 Å². The number of alkyl halides is 1. The summed E-state index contributed by atoms with van der Waals surface area (Å²) in [6, 6.07) is 9.75. The minimum Gasteiger partial charge on any atom is -0.298 e.